The van der Waals surface area contributed by atoms with Crippen LogP contribution in [-0.4, -0.2) is 54.8 Å². The summed E-state index contributed by atoms with van der Waals surface area (Å²) in [7, 11) is 3.16. The first-order valence-electron chi connectivity index (χ1n) is 11.8. The van der Waals surface area contributed by atoms with Gasteiger partial charge in [-0.05, 0) is 68.0 Å². The van der Waals surface area contributed by atoms with Gasteiger partial charge in [-0.25, -0.2) is 9.37 Å². The lowest BCUT2D eigenvalue weighted by Gasteiger charge is -2.33. The van der Waals surface area contributed by atoms with Crippen LogP contribution in [0.4, 0.5) is 28.5 Å². The molecule has 1 N–H and O–H groups in total. The van der Waals surface area contributed by atoms with Crippen molar-refractivity contribution in [2.24, 2.45) is 5.92 Å². The molecule has 0 bridgehead atoms. The Morgan fingerprint density at radius 1 is 1.11 bits per heavy atom. The van der Waals surface area contributed by atoms with E-state index in [0.29, 0.717) is 18.8 Å². The average Bonchev–Trinajstić information content (AvgIpc) is 3.32. The first-order chi connectivity index (χ1) is 17.5. The quantitative estimate of drug-likeness (QED) is 0.443. The molecule has 7 nitrogen and oxygen atoms in total. The van der Waals surface area contributed by atoms with Gasteiger partial charge in [0.1, 0.15) is 10.7 Å². The van der Waals surface area contributed by atoms with Gasteiger partial charge in [0.2, 0.25) is 0 Å². The summed E-state index contributed by atoms with van der Waals surface area (Å²) in [6.45, 7) is 5.60. The summed E-state index contributed by atoms with van der Waals surface area (Å²) < 4.78 is 53.5. The summed E-state index contributed by atoms with van der Waals surface area (Å²) in [6, 6.07) is 6.14. The van der Waals surface area contributed by atoms with Crippen LogP contribution in [0.5, 0.6) is 0 Å². The fourth-order valence-electron chi connectivity index (χ4n) is 4.29. The number of alkyl halides is 3. The second-order valence-corrected chi connectivity index (χ2v) is 10.3. The number of hydrogen-bond donors (Lipinski definition) is 1. The van der Waals surface area contributed by atoms with E-state index in [4.69, 9.17) is 0 Å². The maximum atomic E-state index is 13.4. The molecule has 0 aliphatic carbocycles. The van der Waals surface area contributed by atoms with E-state index in [2.05, 4.69) is 25.4 Å². The highest BCUT2D eigenvalue weighted by atomic mass is 32.1. The minimum absolute atomic E-state index is 0.128. The maximum Gasteiger partial charge on any atom is 0.435 e. The molecule has 198 valence electrons. The molecule has 1 amide bonds. The van der Waals surface area contributed by atoms with Crippen molar-refractivity contribution in [3.63, 3.8) is 0 Å². The number of benzene rings is 1. The molecule has 1 fully saturated rings. The number of amides is 1. The van der Waals surface area contributed by atoms with Crippen LogP contribution >= 0.6 is 11.3 Å². The molecule has 0 saturated carbocycles. The third-order valence-electron chi connectivity index (χ3n) is 6.55. The molecule has 1 aromatic carbocycles. The Balaban J connectivity index is 1.38. The average molecular weight is 537 g/mol. The molecule has 0 radical (unpaired) electrons. The van der Waals surface area contributed by atoms with E-state index >= 15 is 0 Å². The van der Waals surface area contributed by atoms with E-state index in [9.17, 15) is 22.4 Å². The lowest BCUT2D eigenvalue weighted by Crippen LogP contribution is -2.39. The fourth-order valence-corrected chi connectivity index (χ4v) is 5.21. The van der Waals surface area contributed by atoms with E-state index in [1.54, 1.807) is 26.2 Å². The minimum Gasteiger partial charge on any atom is -0.355 e. The first kappa shape index (κ1) is 26.8. The molecule has 1 aliphatic heterocycles. The van der Waals surface area contributed by atoms with E-state index in [-0.39, 0.29) is 23.4 Å². The van der Waals surface area contributed by atoms with Gasteiger partial charge in [0, 0.05) is 39.3 Å². The first-order valence-corrected chi connectivity index (χ1v) is 12.7. The minimum atomic E-state index is -4.70. The van der Waals surface area contributed by atoms with Gasteiger partial charge in [-0.3, -0.25) is 4.79 Å². The second kappa shape index (κ2) is 10.6. The van der Waals surface area contributed by atoms with Crippen molar-refractivity contribution in [2.75, 3.05) is 43.5 Å². The summed E-state index contributed by atoms with van der Waals surface area (Å²) in [5.74, 6) is -0.160. The Kier molecular flexibility index (Phi) is 7.67. The molecule has 2 aromatic heterocycles. The highest BCUT2D eigenvalue weighted by molar-refractivity contribution is 7.17. The number of rotatable bonds is 6. The smallest absolute Gasteiger partial charge is 0.355 e. The SMILES string of the molecule is Cc1c(-c2ccc(F)cc2)nnc(N2CCC(CNC(=O)c3sc(N(C)C)nc3C(F)(F)F)CC2)c1C. The normalized spacial score (nSPS) is 14.6. The third-order valence-corrected chi connectivity index (χ3v) is 7.78. The van der Waals surface area contributed by atoms with Crippen molar-refractivity contribution in [3.8, 4) is 11.3 Å². The van der Waals surface area contributed by atoms with Gasteiger partial charge in [-0.2, -0.15) is 13.2 Å². The number of carbonyl (C=O) groups is 1. The Morgan fingerprint density at radius 3 is 2.35 bits per heavy atom. The topological polar surface area (TPSA) is 74.2 Å². The summed E-state index contributed by atoms with van der Waals surface area (Å²) in [4.78, 5) is 19.4. The molecule has 0 atom stereocenters. The summed E-state index contributed by atoms with van der Waals surface area (Å²) in [5, 5.41) is 11.6. The molecule has 12 heteroatoms. The van der Waals surface area contributed by atoms with E-state index in [0.717, 1.165) is 46.7 Å². The van der Waals surface area contributed by atoms with Gasteiger partial charge in [0.25, 0.3) is 5.91 Å². The van der Waals surface area contributed by atoms with Gasteiger partial charge >= 0.3 is 6.18 Å². The highest BCUT2D eigenvalue weighted by Crippen LogP contribution is 2.37. The maximum absolute atomic E-state index is 13.4. The van der Waals surface area contributed by atoms with Crippen LogP contribution in [0.25, 0.3) is 11.3 Å². The predicted molar refractivity (Wildman–Crippen MR) is 136 cm³/mol. The van der Waals surface area contributed by atoms with Gasteiger partial charge in [0.05, 0.1) is 5.69 Å². The van der Waals surface area contributed by atoms with Crippen LogP contribution in [0.2, 0.25) is 0 Å². The molecule has 1 saturated heterocycles. The fraction of sp³-hybridized carbons (Fsp3) is 0.440. The number of anilines is 2. The third kappa shape index (κ3) is 5.84. The van der Waals surface area contributed by atoms with Crippen molar-refractivity contribution in [2.45, 2.75) is 32.9 Å². The number of hydrogen-bond acceptors (Lipinski definition) is 7. The van der Waals surface area contributed by atoms with Crippen LogP contribution in [0.15, 0.2) is 24.3 Å². The lowest BCUT2D eigenvalue weighted by atomic mass is 9.96. The molecular weight excluding hydrogens is 508 g/mol. The van der Waals surface area contributed by atoms with Crippen LogP contribution in [0.1, 0.15) is 39.3 Å². The van der Waals surface area contributed by atoms with Crippen molar-refractivity contribution in [1.29, 1.82) is 0 Å². The van der Waals surface area contributed by atoms with E-state index in [1.807, 2.05) is 13.8 Å². The number of nitrogens with one attached hydrogen (secondary N) is 1. The Labute approximate surface area is 216 Å². The number of thiazole rings is 1. The molecular formula is C25H28F4N6OS. The number of carbonyl (C=O) groups excluding carboxylic acids is 1. The standard InChI is InChI=1S/C25H28F4N6OS/c1-14-15(2)22(33-32-19(14)17-5-7-18(26)8-6-17)35-11-9-16(10-12-35)13-30-23(36)20-21(25(27,28)29)31-24(37-20)34(3)4/h5-8,16H,9-13H2,1-4H3,(H,30,36). The second-order valence-electron chi connectivity index (χ2n) is 9.34. The van der Waals surface area contributed by atoms with Crippen molar-refractivity contribution >= 4 is 28.2 Å². The predicted octanol–water partition coefficient (Wildman–Crippen LogP) is 5.09. The highest BCUT2D eigenvalue weighted by Gasteiger charge is 2.40. The Morgan fingerprint density at radius 2 is 1.76 bits per heavy atom. The Hall–Kier alpha value is -3.28. The van der Waals surface area contributed by atoms with Crippen molar-refractivity contribution in [3.05, 3.63) is 51.8 Å². The Bertz CT molecular complexity index is 1270. The lowest BCUT2D eigenvalue weighted by molar-refractivity contribution is -0.141. The molecule has 4 rings (SSSR count). The van der Waals surface area contributed by atoms with E-state index < -0.39 is 22.7 Å². The zero-order valence-electron chi connectivity index (χ0n) is 21.0. The molecule has 1 aliphatic rings. The van der Waals surface area contributed by atoms with Gasteiger partial charge in [0.15, 0.2) is 16.6 Å². The number of piperidine rings is 1. The van der Waals surface area contributed by atoms with Crippen LogP contribution in [0, 0.1) is 25.6 Å². The van der Waals surface area contributed by atoms with Crippen molar-refractivity contribution < 1.29 is 22.4 Å². The molecule has 0 spiro atoms. The molecule has 3 heterocycles. The monoisotopic (exact) mass is 536 g/mol. The zero-order chi connectivity index (χ0) is 26.9. The van der Waals surface area contributed by atoms with E-state index in [1.165, 1.54) is 17.0 Å². The largest absolute Gasteiger partial charge is 0.435 e. The molecule has 0 unspecified atom stereocenters. The summed E-state index contributed by atoms with van der Waals surface area (Å²) in [6.07, 6.45) is -3.21. The summed E-state index contributed by atoms with van der Waals surface area (Å²) in [5.41, 5.74) is 2.30. The number of aromatic nitrogens is 3. The molecule has 3 aromatic rings. The molecule has 37 heavy (non-hydrogen) atoms. The number of halogens is 4. The van der Waals surface area contributed by atoms with Gasteiger partial charge in [-0.1, -0.05) is 11.3 Å². The van der Waals surface area contributed by atoms with Crippen LogP contribution in [-0.2, 0) is 6.18 Å². The van der Waals surface area contributed by atoms with Crippen LogP contribution < -0.4 is 15.1 Å². The van der Waals surface area contributed by atoms with Crippen molar-refractivity contribution in [1.82, 2.24) is 20.5 Å². The number of nitrogens with zero attached hydrogens (tertiary/aromatic N) is 5. The zero-order valence-corrected chi connectivity index (χ0v) is 21.8. The summed E-state index contributed by atoms with van der Waals surface area (Å²) >= 11 is 0.731. The van der Waals surface area contributed by atoms with Gasteiger partial charge < -0.3 is 15.1 Å². The van der Waals surface area contributed by atoms with Gasteiger partial charge in [-0.15, -0.1) is 10.2 Å². The van der Waals surface area contributed by atoms with Crippen LogP contribution in [0.3, 0.4) is 0 Å².